The summed E-state index contributed by atoms with van der Waals surface area (Å²) < 4.78 is 0. The van der Waals surface area contributed by atoms with Crippen LogP contribution in [0.3, 0.4) is 0 Å². The van der Waals surface area contributed by atoms with E-state index in [9.17, 15) is 0 Å². The fourth-order valence-electron chi connectivity index (χ4n) is 3.13. The van der Waals surface area contributed by atoms with Gasteiger partial charge in [0.2, 0.25) is 0 Å². The number of para-hydroxylation sites is 2. The van der Waals surface area contributed by atoms with Crippen molar-refractivity contribution >= 4 is 16.9 Å². The number of nitrogens with zero attached hydrogens (tertiary/aromatic N) is 1. The minimum atomic E-state index is 0.361. The van der Waals surface area contributed by atoms with Gasteiger partial charge in [-0.3, -0.25) is 0 Å². The van der Waals surface area contributed by atoms with Crippen molar-refractivity contribution in [2.24, 2.45) is 0 Å². The molecule has 1 nitrogen and oxygen atoms in total. The molecule has 1 heteroatoms. The van der Waals surface area contributed by atoms with Crippen LogP contribution in [0.1, 0.15) is 12.5 Å². The normalized spacial score (nSPS) is 19.8. The van der Waals surface area contributed by atoms with E-state index >= 15 is 0 Å². The Morgan fingerprint density at radius 2 is 1.63 bits per heavy atom. The lowest BCUT2D eigenvalue weighted by molar-refractivity contribution is 1.01. The molecular formula is C18H15N. The lowest BCUT2D eigenvalue weighted by Crippen LogP contribution is -2.23. The van der Waals surface area contributed by atoms with E-state index in [0.717, 1.165) is 0 Å². The van der Waals surface area contributed by atoms with Crippen molar-refractivity contribution in [3.63, 3.8) is 0 Å². The van der Waals surface area contributed by atoms with Gasteiger partial charge in [0.15, 0.2) is 0 Å². The topological polar surface area (TPSA) is 3.24 Å². The Morgan fingerprint density at radius 1 is 0.895 bits per heavy atom. The highest BCUT2D eigenvalue weighted by Gasteiger charge is 2.35. The van der Waals surface area contributed by atoms with E-state index in [-0.39, 0.29) is 0 Å². The van der Waals surface area contributed by atoms with E-state index in [1.807, 2.05) is 0 Å². The molecule has 0 saturated carbocycles. The summed E-state index contributed by atoms with van der Waals surface area (Å²) in [7, 11) is 0. The lowest BCUT2D eigenvalue weighted by Gasteiger charge is -2.25. The highest BCUT2D eigenvalue weighted by Crippen LogP contribution is 2.47. The molecule has 0 saturated heterocycles. The second-order valence-electron chi connectivity index (χ2n) is 5.18. The first kappa shape index (κ1) is 10.6. The van der Waals surface area contributed by atoms with Crippen LogP contribution in [0.4, 0.5) is 11.4 Å². The van der Waals surface area contributed by atoms with Crippen LogP contribution < -0.4 is 4.90 Å². The Bertz CT molecular complexity index is 695. The van der Waals surface area contributed by atoms with Crippen LogP contribution in [0.5, 0.6) is 0 Å². The summed E-state index contributed by atoms with van der Waals surface area (Å²) in [4.78, 5) is 2.43. The first-order chi connectivity index (χ1) is 9.34. The Morgan fingerprint density at radius 3 is 2.47 bits per heavy atom. The van der Waals surface area contributed by atoms with Gasteiger partial charge in [-0.2, -0.15) is 0 Å². The number of rotatable bonds is 1. The lowest BCUT2D eigenvalue weighted by atomic mass is 10.1. The van der Waals surface area contributed by atoms with Crippen LogP contribution in [0.15, 0.2) is 72.3 Å². The fourth-order valence-corrected chi connectivity index (χ4v) is 3.13. The van der Waals surface area contributed by atoms with Gasteiger partial charge in [-0.05, 0) is 30.7 Å². The largest absolute Gasteiger partial charge is 0.330 e. The summed E-state index contributed by atoms with van der Waals surface area (Å²) in [6, 6.07) is 19.7. The molecule has 1 unspecified atom stereocenters. The fraction of sp³-hybridized carbons (Fsp3) is 0.111. The molecule has 1 atom stereocenters. The first-order valence-corrected chi connectivity index (χ1v) is 6.68. The number of anilines is 2. The standard InChI is InChI=1S/C18H15N/c1-13-11-16-15-9-5-6-10-17(15)19(18(16)12-13)14-7-3-2-4-8-14/h2-12,18H,1H3. The van der Waals surface area contributed by atoms with Crippen LogP contribution in [0.2, 0.25) is 0 Å². The molecule has 0 aromatic heterocycles. The summed E-state index contributed by atoms with van der Waals surface area (Å²) in [5.41, 5.74) is 6.72. The van der Waals surface area contributed by atoms with Crippen LogP contribution in [-0.2, 0) is 0 Å². The number of hydrogen-bond donors (Lipinski definition) is 0. The Labute approximate surface area is 113 Å². The van der Waals surface area contributed by atoms with Gasteiger partial charge in [0.1, 0.15) is 0 Å². The van der Waals surface area contributed by atoms with Crippen molar-refractivity contribution in [2.45, 2.75) is 13.0 Å². The second-order valence-corrected chi connectivity index (χ2v) is 5.18. The van der Waals surface area contributed by atoms with E-state index in [4.69, 9.17) is 0 Å². The molecule has 19 heavy (non-hydrogen) atoms. The highest BCUT2D eigenvalue weighted by molar-refractivity contribution is 5.95. The molecule has 92 valence electrons. The summed E-state index contributed by atoms with van der Waals surface area (Å²) in [5, 5.41) is 0. The number of fused-ring (bicyclic) bond motifs is 3. The molecule has 0 fully saturated rings. The maximum atomic E-state index is 2.43. The van der Waals surface area contributed by atoms with Crippen LogP contribution in [0.25, 0.3) is 5.57 Å². The van der Waals surface area contributed by atoms with Crippen molar-refractivity contribution in [2.75, 3.05) is 4.90 Å². The molecule has 0 bridgehead atoms. The predicted octanol–water partition coefficient (Wildman–Crippen LogP) is 4.55. The van der Waals surface area contributed by atoms with Gasteiger partial charge in [0.25, 0.3) is 0 Å². The van der Waals surface area contributed by atoms with Gasteiger partial charge in [0.05, 0.1) is 6.04 Å². The zero-order valence-electron chi connectivity index (χ0n) is 10.9. The van der Waals surface area contributed by atoms with Crippen molar-refractivity contribution < 1.29 is 0 Å². The molecule has 2 aromatic carbocycles. The predicted molar refractivity (Wildman–Crippen MR) is 80.5 cm³/mol. The van der Waals surface area contributed by atoms with Crippen molar-refractivity contribution in [1.29, 1.82) is 0 Å². The zero-order chi connectivity index (χ0) is 12.8. The Kier molecular flexibility index (Phi) is 2.16. The van der Waals surface area contributed by atoms with Crippen LogP contribution in [-0.4, -0.2) is 6.04 Å². The van der Waals surface area contributed by atoms with E-state index in [1.165, 1.54) is 28.1 Å². The van der Waals surface area contributed by atoms with Crippen LogP contribution >= 0.6 is 0 Å². The van der Waals surface area contributed by atoms with Crippen molar-refractivity contribution in [3.8, 4) is 0 Å². The minimum Gasteiger partial charge on any atom is -0.330 e. The maximum Gasteiger partial charge on any atom is 0.0788 e. The van der Waals surface area contributed by atoms with Gasteiger partial charge in [0, 0.05) is 16.9 Å². The monoisotopic (exact) mass is 245 g/mol. The van der Waals surface area contributed by atoms with Gasteiger partial charge < -0.3 is 4.90 Å². The second kappa shape index (κ2) is 3.86. The van der Waals surface area contributed by atoms with Crippen molar-refractivity contribution in [1.82, 2.24) is 0 Å². The van der Waals surface area contributed by atoms with E-state index in [0.29, 0.717) is 6.04 Å². The highest BCUT2D eigenvalue weighted by atomic mass is 15.2. The number of hydrogen-bond acceptors (Lipinski definition) is 1. The Hall–Kier alpha value is -2.28. The average molecular weight is 245 g/mol. The van der Waals surface area contributed by atoms with Gasteiger partial charge in [-0.15, -0.1) is 0 Å². The average Bonchev–Trinajstić information content (AvgIpc) is 2.95. The van der Waals surface area contributed by atoms with E-state index < -0.39 is 0 Å². The van der Waals surface area contributed by atoms with Crippen molar-refractivity contribution in [3.05, 3.63) is 77.9 Å². The van der Waals surface area contributed by atoms with E-state index in [1.54, 1.807) is 0 Å². The minimum absolute atomic E-state index is 0.361. The smallest absolute Gasteiger partial charge is 0.0788 e. The third-order valence-corrected chi connectivity index (χ3v) is 3.91. The summed E-state index contributed by atoms with van der Waals surface area (Å²) in [5.74, 6) is 0. The molecule has 4 rings (SSSR count). The van der Waals surface area contributed by atoms with Gasteiger partial charge in [-0.1, -0.05) is 54.1 Å². The molecule has 0 amide bonds. The quantitative estimate of drug-likeness (QED) is 0.712. The Balaban J connectivity index is 1.94. The molecule has 1 aliphatic carbocycles. The molecule has 1 heterocycles. The third kappa shape index (κ3) is 1.48. The summed E-state index contributed by atoms with van der Waals surface area (Å²) >= 11 is 0. The third-order valence-electron chi connectivity index (χ3n) is 3.91. The number of benzene rings is 2. The molecule has 2 aliphatic rings. The summed E-state index contributed by atoms with van der Waals surface area (Å²) in [6.07, 6.45) is 4.66. The van der Waals surface area contributed by atoms with Gasteiger partial charge in [-0.25, -0.2) is 0 Å². The molecule has 1 aliphatic heterocycles. The number of allylic oxidation sites excluding steroid dienone is 2. The van der Waals surface area contributed by atoms with E-state index in [2.05, 4.69) is 78.6 Å². The summed E-state index contributed by atoms with van der Waals surface area (Å²) in [6.45, 7) is 2.18. The van der Waals surface area contributed by atoms with Crippen LogP contribution in [0, 0.1) is 0 Å². The maximum absolute atomic E-state index is 2.43. The zero-order valence-corrected chi connectivity index (χ0v) is 10.9. The molecule has 0 spiro atoms. The molecule has 2 aromatic rings. The molecular weight excluding hydrogens is 230 g/mol. The SMILES string of the molecule is CC1=CC2C(=C1)c1ccccc1N2c1ccccc1. The molecule has 0 radical (unpaired) electrons. The van der Waals surface area contributed by atoms with Gasteiger partial charge >= 0.3 is 0 Å². The first-order valence-electron chi connectivity index (χ1n) is 6.68. The molecule has 0 N–H and O–H groups in total.